The fraction of sp³-hybridized carbons (Fsp3) is 0.933. The molecule has 0 unspecified atom stereocenters. The van der Waals surface area contributed by atoms with E-state index in [9.17, 15) is 8.42 Å². The number of rotatable bonds is 8. The molecular weight excluding hydrogens is 378 g/mol. The molecule has 0 aromatic rings. The van der Waals surface area contributed by atoms with Crippen molar-refractivity contribution in [2.45, 2.75) is 18.9 Å². The van der Waals surface area contributed by atoms with Gasteiger partial charge in [0.2, 0.25) is 6.34 Å². The maximum absolute atomic E-state index is 10.8. The molecule has 9 nitrogen and oxygen atoms in total. The van der Waals surface area contributed by atoms with Crippen LogP contribution in [0.4, 0.5) is 0 Å². The molecule has 4 heterocycles. The molecule has 0 amide bonds. The van der Waals surface area contributed by atoms with E-state index in [-0.39, 0.29) is 5.75 Å². The van der Waals surface area contributed by atoms with Gasteiger partial charge in [-0.05, 0) is 6.42 Å². The van der Waals surface area contributed by atoms with Crippen LogP contribution in [0.3, 0.4) is 0 Å². The number of nitrogens with zero attached hydrogens (tertiary/aromatic N) is 3. The lowest BCUT2D eigenvalue weighted by Gasteiger charge is -2.38. The lowest BCUT2D eigenvalue weighted by molar-refractivity contribution is -0.513. The van der Waals surface area contributed by atoms with Gasteiger partial charge in [0, 0.05) is 32.1 Å². The zero-order valence-corrected chi connectivity index (χ0v) is 17.0. The molecule has 0 radical (unpaired) electrons. The standard InChI is InChI=1S/C15H29N3O6SSi/c19-25(20,21)13-1-3-17-5-6-18(15-17)4-2-14-26-22-10-7-16(8-11-23-26)9-12-24-26/h15H,1-14H2/p+1. The maximum atomic E-state index is 10.8. The first kappa shape index (κ1) is 20.2. The summed E-state index contributed by atoms with van der Waals surface area (Å²) in [6.45, 7) is 8.29. The van der Waals surface area contributed by atoms with Gasteiger partial charge in [0.15, 0.2) is 0 Å². The van der Waals surface area contributed by atoms with E-state index >= 15 is 0 Å². The molecule has 0 spiro atoms. The van der Waals surface area contributed by atoms with Gasteiger partial charge in [0.05, 0.1) is 38.7 Å². The molecule has 4 aliphatic heterocycles. The number of fused-ring (bicyclic) bond motifs is 6. The van der Waals surface area contributed by atoms with E-state index in [0.29, 0.717) is 32.8 Å². The molecular formula is C15H30N3O6SSi+. The minimum atomic E-state index is -3.86. The third-order valence-electron chi connectivity index (χ3n) is 4.97. The average Bonchev–Trinajstić information content (AvgIpc) is 2.94. The van der Waals surface area contributed by atoms with Crippen molar-refractivity contribution in [3.63, 3.8) is 0 Å². The van der Waals surface area contributed by atoms with E-state index in [1.165, 1.54) is 0 Å². The van der Waals surface area contributed by atoms with Crippen LogP contribution in [0.15, 0.2) is 0 Å². The van der Waals surface area contributed by atoms with Gasteiger partial charge in [0.1, 0.15) is 13.1 Å². The Balaban J connectivity index is 1.41. The molecule has 0 aromatic heterocycles. The summed E-state index contributed by atoms with van der Waals surface area (Å²) in [5.41, 5.74) is 0. The molecule has 3 fully saturated rings. The third kappa shape index (κ3) is 6.25. The largest absolute Gasteiger partial charge is 0.501 e. The van der Waals surface area contributed by atoms with Crippen LogP contribution < -0.4 is 0 Å². The van der Waals surface area contributed by atoms with Crippen molar-refractivity contribution in [2.24, 2.45) is 0 Å². The predicted molar refractivity (Wildman–Crippen MR) is 98.1 cm³/mol. The normalized spacial score (nSPS) is 30.0. The smallest absolute Gasteiger partial charge is 0.372 e. The lowest BCUT2D eigenvalue weighted by Crippen LogP contribution is -2.55. The molecule has 3 saturated heterocycles. The van der Waals surface area contributed by atoms with Gasteiger partial charge >= 0.3 is 8.80 Å². The quantitative estimate of drug-likeness (QED) is 0.321. The second-order valence-corrected chi connectivity index (χ2v) is 11.3. The molecule has 26 heavy (non-hydrogen) atoms. The Labute approximate surface area is 156 Å². The van der Waals surface area contributed by atoms with Gasteiger partial charge in [-0.15, -0.1) is 0 Å². The molecule has 0 atom stereocenters. The summed E-state index contributed by atoms with van der Waals surface area (Å²) < 4.78 is 50.6. The molecule has 0 aromatic carbocycles. The molecule has 0 aliphatic carbocycles. The fourth-order valence-corrected chi connectivity index (χ4v) is 6.53. The zero-order valence-electron chi connectivity index (χ0n) is 15.2. The van der Waals surface area contributed by atoms with Crippen molar-refractivity contribution >= 4 is 25.3 Å². The summed E-state index contributed by atoms with van der Waals surface area (Å²) in [6.07, 6.45) is 3.44. The first-order valence-corrected chi connectivity index (χ1v) is 12.9. The molecule has 2 bridgehead atoms. The van der Waals surface area contributed by atoms with Gasteiger partial charge in [0.25, 0.3) is 10.1 Å². The van der Waals surface area contributed by atoms with Crippen LogP contribution in [-0.4, -0.2) is 114 Å². The van der Waals surface area contributed by atoms with E-state index in [1.807, 2.05) is 0 Å². The maximum Gasteiger partial charge on any atom is 0.501 e. The summed E-state index contributed by atoms with van der Waals surface area (Å²) in [5.74, 6) is -0.186. The molecule has 150 valence electrons. The predicted octanol–water partition coefficient (Wildman–Crippen LogP) is -0.671. The number of hydrogen-bond acceptors (Lipinski definition) is 7. The van der Waals surface area contributed by atoms with Gasteiger partial charge in [-0.3, -0.25) is 18.9 Å². The van der Waals surface area contributed by atoms with Crippen molar-refractivity contribution in [1.82, 2.24) is 9.80 Å². The minimum absolute atomic E-state index is 0.186. The van der Waals surface area contributed by atoms with Crippen LogP contribution in [0.5, 0.6) is 0 Å². The van der Waals surface area contributed by atoms with E-state index in [0.717, 1.165) is 51.7 Å². The van der Waals surface area contributed by atoms with Gasteiger partial charge in [-0.2, -0.15) is 8.42 Å². The minimum Gasteiger partial charge on any atom is -0.372 e. The summed E-state index contributed by atoms with van der Waals surface area (Å²) in [7, 11) is -6.40. The van der Waals surface area contributed by atoms with Crippen molar-refractivity contribution < 1.29 is 30.8 Å². The van der Waals surface area contributed by atoms with Crippen molar-refractivity contribution in [3.05, 3.63) is 0 Å². The average molecular weight is 409 g/mol. The van der Waals surface area contributed by atoms with Crippen LogP contribution in [0.25, 0.3) is 0 Å². The van der Waals surface area contributed by atoms with Crippen LogP contribution in [0.1, 0.15) is 12.8 Å². The Morgan fingerprint density at radius 1 is 1.04 bits per heavy atom. The Morgan fingerprint density at radius 3 is 2.31 bits per heavy atom. The summed E-state index contributed by atoms with van der Waals surface area (Å²) in [6, 6.07) is 0.833. The molecule has 4 rings (SSSR count). The van der Waals surface area contributed by atoms with Crippen LogP contribution in [0.2, 0.25) is 6.04 Å². The van der Waals surface area contributed by atoms with Crippen LogP contribution in [0, 0.1) is 0 Å². The van der Waals surface area contributed by atoms with Crippen LogP contribution >= 0.6 is 0 Å². The van der Waals surface area contributed by atoms with E-state index in [1.54, 1.807) is 0 Å². The van der Waals surface area contributed by atoms with E-state index in [4.69, 9.17) is 17.8 Å². The topological polar surface area (TPSA) is 91.6 Å². The second-order valence-electron chi connectivity index (χ2n) is 7.00. The molecule has 1 N–H and O–H groups in total. The van der Waals surface area contributed by atoms with Crippen LogP contribution in [-0.2, 0) is 23.4 Å². The SMILES string of the molecule is O=S(=O)(O)CCC[N+]1=CN(CCC[Si]23OCCN(CCO2)CCO3)CC1. The van der Waals surface area contributed by atoms with Gasteiger partial charge in [-0.25, -0.2) is 0 Å². The molecule has 11 heteroatoms. The number of hydrogen-bond donors (Lipinski definition) is 1. The summed E-state index contributed by atoms with van der Waals surface area (Å²) >= 11 is 0. The Kier molecular flexibility index (Phi) is 7.05. The Morgan fingerprint density at radius 2 is 1.69 bits per heavy atom. The highest BCUT2D eigenvalue weighted by Crippen LogP contribution is 2.22. The molecule has 4 aliphatic rings. The summed E-state index contributed by atoms with van der Waals surface area (Å²) in [5, 5.41) is 0. The highest BCUT2D eigenvalue weighted by molar-refractivity contribution is 7.85. The Bertz CT molecular complexity index is 576. The highest BCUT2D eigenvalue weighted by atomic mass is 32.2. The first-order valence-electron chi connectivity index (χ1n) is 9.37. The molecule has 0 saturated carbocycles. The second kappa shape index (κ2) is 9.09. The van der Waals surface area contributed by atoms with Crippen molar-refractivity contribution in [1.29, 1.82) is 0 Å². The van der Waals surface area contributed by atoms with Gasteiger partial charge < -0.3 is 13.3 Å². The Hall–Kier alpha value is -0.563. The first-order chi connectivity index (χ1) is 12.4. The third-order valence-corrected chi connectivity index (χ3v) is 8.67. The van der Waals surface area contributed by atoms with E-state index < -0.39 is 18.9 Å². The van der Waals surface area contributed by atoms with Gasteiger partial charge in [-0.1, -0.05) is 0 Å². The fourth-order valence-electron chi connectivity index (χ4n) is 3.56. The van der Waals surface area contributed by atoms with Crippen molar-refractivity contribution in [3.8, 4) is 0 Å². The lowest BCUT2D eigenvalue weighted by atomic mass is 10.4. The van der Waals surface area contributed by atoms with E-state index in [2.05, 4.69) is 20.7 Å². The highest BCUT2D eigenvalue weighted by Gasteiger charge is 2.43. The summed E-state index contributed by atoms with van der Waals surface area (Å²) in [4.78, 5) is 4.55. The monoisotopic (exact) mass is 408 g/mol. The zero-order chi connectivity index (χ0) is 18.5. The van der Waals surface area contributed by atoms with Crippen molar-refractivity contribution in [2.75, 3.05) is 71.4 Å².